The van der Waals surface area contributed by atoms with Gasteiger partial charge in [-0.3, -0.25) is 4.79 Å². The smallest absolute Gasteiger partial charge is 0.255 e. The molecule has 0 aliphatic carbocycles. The number of hydrogen-bond donors (Lipinski definition) is 1. The van der Waals surface area contributed by atoms with Crippen LogP contribution in [0.25, 0.3) is 11.0 Å². The van der Waals surface area contributed by atoms with Crippen LogP contribution in [0.2, 0.25) is 5.02 Å². The van der Waals surface area contributed by atoms with Gasteiger partial charge in [0, 0.05) is 5.56 Å². The summed E-state index contributed by atoms with van der Waals surface area (Å²) in [6, 6.07) is 10.5. The van der Waals surface area contributed by atoms with Crippen molar-refractivity contribution in [2.45, 2.75) is 13.3 Å². The van der Waals surface area contributed by atoms with Crippen LogP contribution in [0.15, 0.2) is 36.4 Å². The van der Waals surface area contributed by atoms with E-state index < -0.39 is 0 Å². The maximum Gasteiger partial charge on any atom is 0.255 e. The van der Waals surface area contributed by atoms with E-state index in [1.807, 2.05) is 13.0 Å². The number of hydrogen-bond acceptors (Lipinski definition) is 5. The lowest BCUT2D eigenvalue weighted by Gasteiger charge is -2.09. The van der Waals surface area contributed by atoms with Crippen LogP contribution in [0.5, 0.6) is 5.75 Å². The van der Waals surface area contributed by atoms with E-state index in [2.05, 4.69) is 14.1 Å². The first-order valence-corrected chi connectivity index (χ1v) is 8.25. The van der Waals surface area contributed by atoms with Crippen LogP contribution in [0.3, 0.4) is 0 Å². The predicted octanol–water partition coefficient (Wildman–Crippen LogP) is 4.39. The third-order valence-corrected chi connectivity index (χ3v) is 4.04. The maximum absolute atomic E-state index is 12.5. The number of carbonyl (C=O) groups excluding carboxylic acids is 1. The van der Waals surface area contributed by atoms with Crippen molar-refractivity contribution >= 4 is 46.0 Å². The summed E-state index contributed by atoms with van der Waals surface area (Å²) in [4.78, 5) is 12.5. The maximum atomic E-state index is 12.5. The van der Waals surface area contributed by atoms with Crippen LogP contribution >= 0.6 is 23.3 Å². The van der Waals surface area contributed by atoms with Crippen molar-refractivity contribution in [3.8, 4) is 5.75 Å². The zero-order chi connectivity index (χ0) is 16.2. The van der Waals surface area contributed by atoms with Gasteiger partial charge >= 0.3 is 0 Å². The van der Waals surface area contributed by atoms with Crippen molar-refractivity contribution in [1.29, 1.82) is 0 Å². The Hall–Kier alpha value is -2.18. The van der Waals surface area contributed by atoms with E-state index in [9.17, 15) is 4.79 Å². The molecule has 0 fully saturated rings. The van der Waals surface area contributed by atoms with Crippen LogP contribution < -0.4 is 10.1 Å². The van der Waals surface area contributed by atoms with Crippen molar-refractivity contribution in [2.24, 2.45) is 0 Å². The highest BCUT2D eigenvalue weighted by Crippen LogP contribution is 2.30. The standard InChI is InChI=1S/C16H14ClN3O2S/c1-2-8-22-11-5-3-4-10(9-11)16(21)18-14-12(17)6-7-13-15(14)20-23-19-13/h3-7,9H,2,8H2,1H3,(H,18,21). The highest BCUT2D eigenvalue weighted by Gasteiger charge is 2.14. The zero-order valence-electron chi connectivity index (χ0n) is 12.4. The second-order valence-electron chi connectivity index (χ2n) is 4.88. The zero-order valence-corrected chi connectivity index (χ0v) is 13.9. The van der Waals surface area contributed by atoms with E-state index >= 15 is 0 Å². The molecule has 118 valence electrons. The average molecular weight is 348 g/mol. The fourth-order valence-corrected chi connectivity index (χ4v) is 2.82. The predicted molar refractivity (Wildman–Crippen MR) is 92.6 cm³/mol. The van der Waals surface area contributed by atoms with Crippen molar-refractivity contribution < 1.29 is 9.53 Å². The molecule has 0 bridgehead atoms. The Kier molecular flexibility index (Phi) is 4.73. The summed E-state index contributed by atoms with van der Waals surface area (Å²) < 4.78 is 13.9. The Morgan fingerprint density at radius 1 is 1.30 bits per heavy atom. The lowest BCUT2D eigenvalue weighted by atomic mass is 10.2. The number of benzene rings is 2. The minimum Gasteiger partial charge on any atom is -0.494 e. The van der Waals surface area contributed by atoms with Crippen LogP contribution in [0.1, 0.15) is 23.7 Å². The number of carbonyl (C=O) groups is 1. The van der Waals surface area contributed by atoms with E-state index in [4.69, 9.17) is 16.3 Å². The van der Waals surface area contributed by atoms with Crippen LogP contribution in [0.4, 0.5) is 5.69 Å². The monoisotopic (exact) mass is 347 g/mol. The molecule has 7 heteroatoms. The summed E-state index contributed by atoms with van der Waals surface area (Å²) in [7, 11) is 0. The van der Waals surface area contributed by atoms with Gasteiger partial charge in [-0.1, -0.05) is 24.6 Å². The number of ether oxygens (including phenoxy) is 1. The number of halogens is 1. The van der Waals surface area contributed by atoms with Gasteiger partial charge in [-0.05, 0) is 36.8 Å². The topological polar surface area (TPSA) is 64.1 Å². The third-order valence-electron chi connectivity index (χ3n) is 3.18. The molecule has 0 unspecified atom stereocenters. The van der Waals surface area contributed by atoms with E-state index in [1.54, 1.807) is 30.3 Å². The Labute approximate surface area is 142 Å². The van der Waals surface area contributed by atoms with Gasteiger partial charge in [0.25, 0.3) is 5.91 Å². The van der Waals surface area contributed by atoms with Gasteiger partial charge in [-0.25, -0.2) is 0 Å². The fraction of sp³-hybridized carbons (Fsp3) is 0.188. The molecule has 0 saturated carbocycles. The minimum absolute atomic E-state index is 0.269. The number of aromatic nitrogens is 2. The van der Waals surface area contributed by atoms with E-state index in [0.717, 1.165) is 18.1 Å². The molecule has 0 saturated heterocycles. The first-order valence-electron chi connectivity index (χ1n) is 7.14. The van der Waals surface area contributed by atoms with Gasteiger partial charge in [0.05, 0.1) is 29.0 Å². The number of anilines is 1. The first-order chi connectivity index (χ1) is 11.2. The summed E-state index contributed by atoms with van der Waals surface area (Å²) in [5.74, 6) is 0.397. The van der Waals surface area contributed by atoms with Gasteiger partial charge in [0.15, 0.2) is 0 Å². The summed E-state index contributed by atoms with van der Waals surface area (Å²) in [5, 5.41) is 3.24. The summed E-state index contributed by atoms with van der Waals surface area (Å²) >= 11 is 7.27. The highest BCUT2D eigenvalue weighted by molar-refractivity contribution is 7.00. The van der Waals surface area contributed by atoms with Crippen molar-refractivity contribution in [1.82, 2.24) is 8.75 Å². The lowest BCUT2D eigenvalue weighted by Crippen LogP contribution is -2.12. The molecule has 0 atom stereocenters. The summed E-state index contributed by atoms with van der Waals surface area (Å²) in [6.07, 6.45) is 0.908. The molecule has 1 N–H and O–H groups in total. The first kappa shape index (κ1) is 15.7. The molecular weight excluding hydrogens is 334 g/mol. The van der Waals surface area contributed by atoms with E-state index in [-0.39, 0.29) is 5.91 Å². The second-order valence-corrected chi connectivity index (χ2v) is 5.82. The quantitative estimate of drug-likeness (QED) is 0.743. The molecule has 1 aromatic heterocycles. The average Bonchev–Trinajstić information content (AvgIpc) is 3.04. The largest absolute Gasteiger partial charge is 0.494 e. The SMILES string of the molecule is CCCOc1cccc(C(=O)Nc2c(Cl)ccc3nsnc23)c1. The molecule has 0 spiro atoms. The normalized spacial score (nSPS) is 10.7. The summed E-state index contributed by atoms with van der Waals surface area (Å²) in [5.41, 5.74) is 2.27. The number of rotatable bonds is 5. The molecule has 2 aromatic carbocycles. The Morgan fingerprint density at radius 2 is 2.17 bits per heavy atom. The Balaban J connectivity index is 1.86. The fourth-order valence-electron chi connectivity index (χ4n) is 2.08. The summed E-state index contributed by atoms with van der Waals surface area (Å²) in [6.45, 7) is 2.64. The molecule has 0 radical (unpaired) electrons. The van der Waals surface area contributed by atoms with Gasteiger partial charge < -0.3 is 10.1 Å². The van der Waals surface area contributed by atoms with Crippen molar-refractivity contribution in [3.05, 3.63) is 47.0 Å². The Bertz CT molecular complexity index is 850. The van der Waals surface area contributed by atoms with Crippen molar-refractivity contribution in [3.63, 3.8) is 0 Å². The van der Waals surface area contributed by atoms with Gasteiger partial charge in [0.1, 0.15) is 16.8 Å². The molecule has 3 aromatic rings. The number of nitrogens with zero attached hydrogens (tertiary/aromatic N) is 2. The van der Waals surface area contributed by atoms with Crippen molar-refractivity contribution in [2.75, 3.05) is 11.9 Å². The molecule has 1 heterocycles. The highest BCUT2D eigenvalue weighted by atomic mass is 35.5. The number of fused-ring (bicyclic) bond motifs is 1. The molecular formula is C16H14ClN3O2S. The molecule has 5 nitrogen and oxygen atoms in total. The number of nitrogens with one attached hydrogen (secondary N) is 1. The van der Waals surface area contributed by atoms with E-state index in [0.29, 0.717) is 39.7 Å². The van der Waals surface area contributed by atoms with Gasteiger partial charge in [-0.15, -0.1) is 0 Å². The van der Waals surface area contributed by atoms with Gasteiger partial charge in [-0.2, -0.15) is 8.75 Å². The molecule has 0 aliphatic heterocycles. The van der Waals surface area contributed by atoms with Crippen LogP contribution in [-0.4, -0.2) is 21.3 Å². The number of amides is 1. The molecule has 0 aliphatic rings. The lowest BCUT2D eigenvalue weighted by molar-refractivity contribution is 0.102. The van der Waals surface area contributed by atoms with E-state index in [1.165, 1.54) is 0 Å². The van der Waals surface area contributed by atoms with Gasteiger partial charge in [0.2, 0.25) is 0 Å². The van der Waals surface area contributed by atoms with Crippen LogP contribution in [-0.2, 0) is 0 Å². The third kappa shape index (κ3) is 3.43. The molecule has 1 amide bonds. The Morgan fingerprint density at radius 3 is 3.00 bits per heavy atom. The molecule has 3 rings (SSSR count). The molecule has 23 heavy (non-hydrogen) atoms. The second kappa shape index (κ2) is 6.93. The van der Waals surface area contributed by atoms with Crippen LogP contribution in [0, 0.1) is 0 Å². The minimum atomic E-state index is -0.269.